The van der Waals surface area contributed by atoms with Gasteiger partial charge < -0.3 is 19.2 Å². The standard InChI is InChI=1S/C31H33F2N3O3/c1-3-37-28-15-19(16-29(38-4-2)30(28)20-5-7-21(32)8-6-20)18-36-14-13-23-24(11-12-26(23)36)34-31-35-25-10-9-22(33)17-27(25)39-31/h5-10,15-17,23-24,26H,3-4,11-14,18H2,1-2H3,(H,34,35)/t23-,24?,26+/m0/s1. The fourth-order valence-electron chi connectivity index (χ4n) is 6.28. The van der Waals surface area contributed by atoms with E-state index in [1.54, 1.807) is 18.2 Å². The van der Waals surface area contributed by atoms with Crippen molar-refractivity contribution in [2.45, 2.75) is 51.7 Å². The summed E-state index contributed by atoms with van der Waals surface area (Å²) >= 11 is 0. The number of ether oxygens (including phenoxy) is 2. The maximum atomic E-state index is 13.6. The van der Waals surface area contributed by atoms with Crippen molar-refractivity contribution in [3.63, 3.8) is 0 Å². The van der Waals surface area contributed by atoms with Gasteiger partial charge in [-0.15, -0.1) is 0 Å². The first-order valence-electron chi connectivity index (χ1n) is 13.8. The molecule has 1 aliphatic heterocycles. The molecule has 3 aromatic carbocycles. The second kappa shape index (κ2) is 10.8. The number of rotatable bonds is 9. The molecular formula is C31H33F2N3O3. The van der Waals surface area contributed by atoms with Gasteiger partial charge in [0.25, 0.3) is 6.01 Å². The van der Waals surface area contributed by atoms with E-state index < -0.39 is 0 Å². The van der Waals surface area contributed by atoms with Crippen molar-refractivity contribution < 1.29 is 22.7 Å². The number of hydrogen-bond acceptors (Lipinski definition) is 6. The summed E-state index contributed by atoms with van der Waals surface area (Å²) in [5.41, 5.74) is 3.96. The van der Waals surface area contributed by atoms with Gasteiger partial charge in [0.1, 0.15) is 28.7 Å². The van der Waals surface area contributed by atoms with Crippen LogP contribution in [0.15, 0.2) is 59.0 Å². The van der Waals surface area contributed by atoms with Crippen LogP contribution in [0.2, 0.25) is 0 Å². The normalized spacial score (nSPS) is 20.9. The third kappa shape index (κ3) is 5.17. The van der Waals surface area contributed by atoms with Crippen molar-refractivity contribution in [3.05, 3.63) is 71.8 Å². The Labute approximate surface area is 226 Å². The van der Waals surface area contributed by atoms with Gasteiger partial charge in [0.05, 0.1) is 18.8 Å². The van der Waals surface area contributed by atoms with Crippen LogP contribution >= 0.6 is 0 Å². The lowest BCUT2D eigenvalue weighted by molar-refractivity contribution is 0.231. The maximum absolute atomic E-state index is 13.6. The van der Waals surface area contributed by atoms with Crippen LogP contribution < -0.4 is 14.8 Å². The van der Waals surface area contributed by atoms with E-state index in [4.69, 9.17) is 13.9 Å². The third-order valence-corrected chi connectivity index (χ3v) is 7.91. The number of nitrogens with one attached hydrogen (secondary N) is 1. The SMILES string of the molecule is CCOc1cc(CN2CC[C@H]3C(Nc4nc5ccc(F)cc5o4)CC[C@H]32)cc(OCC)c1-c1ccc(F)cc1. The van der Waals surface area contributed by atoms with E-state index in [-0.39, 0.29) is 17.7 Å². The smallest absolute Gasteiger partial charge is 0.295 e. The van der Waals surface area contributed by atoms with Gasteiger partial charge in [-0.3, -0.25) is 4.90 Å². The molecule has 1 unspecified atom stereocenters. The van der Waals surface area contributed by atoms with Crippen LogP contribution in [0.3, 0.4) is 0 Å². The number of benzene rings is 3. The minimum absolute atomic E-state index is 0.261. The monoisotopic (exact) mass is 533 g/mol. The van der Waals surface area contributed by atoms with Crippen LogP contribution in [0.25, 0.3) is 22.2 Å². The highest BCUT2D eigenvalue weighted by molar-refractivity contribution is 5.77. The first kappa shape index (κ1) is 25.6. The summed E-state index contributed by atoms with van der Waals surface area (Å²) in [4.78, 5) is 7.05. The van der Waals surface area contributed by atoms with E-state index in [0.29, 0.717) is 42.3 Å². The molecule has 1 aliphatic carbocycles. The number of anilines is 1. The number of halogens is 2. The van der Waals surface area contributed by atoms with Gasteiger partial charge >= 0.3 is 0 Å². The Morgan fingerprint density at radius 3 is 2.36 bits per heavy atom. The van der Waals surface area contributed by atoms with E-state index in [1.807, 2.05) is 13.8 Å². The average Bonchev–Trinajstić information content (AvgIpc) is 3.62. The van der Waals surface area contributed by atoms with Gasteiger partial charge in [-0.1, -0.05) is 12.1 Å². The van der Waals surface area contributed by atoms with Gasteiger partial charge in [-0.05, 0) is 93.1 Å². The number of aromatic nitrogens is 1. The molecule has 39 heavy (non-hydrogen) atoms. The molecular weight excluding hydrogens is 500 g/mol. The third-order valence-electron chi connectivity index (χ3n) is 7.91. The zero-order valence-electron chi connectivity index (χ0n) is 22.3. The molecule has 6 nitrogen and oxygen atoms in total. The van der Waals surface area contributed by atoms with Crippen LogP contribution in [-0.2, 0) is 6.54 Å². The van der Waals surface area contributed by atoms with Crippen LogP contribution in [-0.4, -0.2) is 41.7 Å². The van der Waals surface area contributed by atoms with Crippen molar-refractivity contribution in [2.75, 3.05) is 25.1 Å². The Bertz CT molecular complexity index is 1430. The second-order valence-corrected chi connectivity index (χ2v) is 10.3. The van der Waals surface area contributed by atoms with Crippen molar-refractivity contribution in [1.82, 2.24) is 9.88 Å². The molecule has 0 bridgehead atoms. The van der Waals surface area contributed by atoms with Crippen LogP contribution in [0.1, 0.15) is 38.7 Å². The Balaban J connectivity index is 1.20. The number of fused-ring (bicyclic) bond motifs is 2. The summed E-state index contributed by atoms with van der Waals surface area (Å²) in [6.45, 7) is 6.76. The van der Waals surface area contributed by atoms with Gasteiger partial charge in [0.15, 0.2) is 5.58 Å². The number of likely N-dealkylation sites (tertiary alicyclic amines) is 1. The molecule has 1 aromatic heterocycles. The summed E-state index contributed by atoms with van der Waals surface area (Å²) in [6, 6.07) is 16.2. The van der Waals surface area contributed by atoms with E-state index in [1.165, 1.54) is 24.3 Å². The lowest BCUT2D eigenvalue weighted by atomic mass is 9.99. The van der Waals surface area contributed by atoms with Gasteiger partial charge in [-0.25, -0.2) is 8.78 Å². The second-order valence-electron chi connectivity index (χ2n) is 10.3. The molecule has 1 saturated heterocycles. The summed E-state index contributed by atoms with van der Waals surface area (Å²) in [7, 11) is 0. The predicted octanol–water partition coefficient (Wildman–Crippen LogP) is 7.04. The van der Waals surface area contributed by atoms with Crippen molar-refractivity contribution in [2.24, 2.45) is 5.92 Å². The number of hydrogen-bond donors (Lipinski definition) is 1. The van der Waals surface area contributed by atoms with Gasteiger partial charge in [-0.2, -0.15) is 4.98 Å². The van der Waals surface area contributed by atoms with Crippen molar-refractivity contribution in [3.8, 4) is 22.6 Å². The summed E-state index contributed by atoms with van der Waals surface area (Å²) in [5.74, 6) is 1.37. The maximum Gasteiger partial charge on any atom is 0.295 e. The Hall–Kier alpha value is -3.65. The largest absolute Gasteiger partial charge is 0.493 e. The highest BCUT2D eigenvalue weighted by atomic mass is 19.1. The molecule has 204 valence electrons. The number of oxazole rings is 1. The van der Waals surface area contributed by atoms with E-state index in [0.717, 1.165) is 60.5 Å². The van der Waals surface area contributed by atoms with Crippen LogP contribution in [0.5, 0.6) is 11.5 Å². The zero-order valence-corrected chi connectivity index (χ0v) is 22.3. The number of nitrogens with zero attached hydrogens (tertiary/aromatic N) is 2. The fourth-order valence-corrected chi connectivity index (χ4v) is 6.28. The van der Waals surface area contributed by atoms with Crippen LogP contribution in [0.4, 0.5) is 14.8 Å². The molecule has 0 amide bonds. The molecule has 4 aromatic rings. The van der Waals surface area contributed by atoms with Crippen molar-refractivity contribution >= 4 is 17.1 Å². The van der Waals surface area contributed by atoms with E-state index in [2.05, 4.69) is 27.3 Å². The van der Waals surface area contributed by atoms with Crippen LogP contribution in [0, 0.1) is 17.6 Å². The molecule has 2 fully saturated rings. The Morgan fingerprint density at radius 2 is 1.64 bits per heavy atom. The quantitative estimate of drug-likeness (QED) is 0.249. The average molecular weight is 534 g/mol. The summed E-state index contributed by atoms with van der Waals surface area (Å²) in [6.07, 6.45) is 3.19. The first-order chi connectivity index (χ1) is 19.0. The topological polar surface area (TPSA) is 59.8 Å². The Kier molecular flexibility index (Phi) is 7.12. The molecule has 2 aliphatic rings. The zero-order chi connectivity index (χ0) is 26.9. The molecule has 2 heterocycles. The van der Waals surface area contributed by atoms with Crippen molar-refractivity contribution in [1.29, 1.82) is 0 Å². The van der Waals surface area contributed by atoms with E-state index >= 15 is 0 Å². The minimum atomic E-state index is -0.330. The summed E-state index contributed by atoms with van der Waals surface area (Å²) < 4.78 is 45.1. The lowest BCUT2D eigenvalue weighted by Crippen LogP contribution is -2.32. The molecule has 0 spiro atoms. The molecule has 1 N–H and O–H groups in total. The molecule has 6 rings (SSSR count). The highest BCUT2D eigenvalue weighted by Gasteiger charge is 2.44. The van der Waals surface area contributed by atoms with Gasteiger partial charge in [0, 0.05) is 24.7 Å². The molecule has 8 heteroatoms. The Morgan fingerprint density at radius 1 is 0.923 bits per heavy atom. The van der Waals surface area contributed by atoms with Gasteiger partial charge in [0.2, 0.25) is 0 Å². The fraction of sp³-hybridized carbons (Fsp3) is 0.387. The lowest BCUT2D eigenvalue weighted by Gasteiger charge is -2.25. The highest BCUT2D eigenvalue weighted by Crippen LogP contribution is 2.43. The predicted molar refractivity (Wildman–Crippen MR) is 147 cm³/mol. The minimum Gasteiger partial charge on any atom is -0.493 e. The first-order valence-corrected chi connectivity index (χ1v) is 13.8. The molecule has 1 saturated carbocycles. The summed E-state index contributed by atoms with van der Waals surface area (Å²) in [5, 5.41) is 3.49. The van der Waals surface area contributed by atoms with E-state index in [9.17, 15) is 8.78 Å². The molecule has 3 atom stereocenters. The molecule has 0 radical (unpaired) electrons.